The molecule has 6 nitrogen and oxygen atoms in total. The van der Waals surface area contributed by atoms with Crippen LogP contribution < -0.4 is 11.1 Å². The molecule has 1 atom stereocenters. The molecule has 0 spiro atoms. The lowest BCUT2D eigenvalue weighted by molar-refractivity contribution is -0.385. The number of nitrogens with two attached hydrogens (primary N) is 1. The monoisotopic (exact) mass is 357 g/mol. The van der Waals surface area contributed by atoms with Crippen molar-refractivity contribution in [3.8, 4) is 0 Å². The van der Waals surface area contributed by atoms with E-state index in [1.165, 1.54) is 6.07 Å². The van der Waals surface area contributed by atoms with Crippen LogP contribution in [0, 0.1) is 23.0 Å². The highest BCUT2D eigenvalue weighted by atomic mass is 79.9. The van der Waals surface area contributed by atoms with Crippen molar-refractivity contribution in [3.63, 3.8) is 0 Å². The molecule has 0 fully saturated rings. The van der Waals surface area contributed by atoms with Crippen LogP contribution in [0.15, 0.2) is 16.6 Å². The van der Waals surface area contributed by atoms with Crippen molar-refractivity contribution in [1.29, 1.82) is 0 Å². The normalized spacial score (nSPS) is 12.0. The molecule has 0 saturated carbocycles. The highest BCUT2D eigenvalue weighted by Crippen LogP contribution is 2.30. The third kappa shape index (κ3) is 5.43. The molecule has 0 aromatic heterocycles. The van der Waals surface area contributed by atoms with Gasteiger partial charge in [0, 0.05) is 22.5 Å². The Morgan fingerprint density at radius 1 is 1.48 bits per heavy atom. The molecule has 1 aromatic carbocycles. The lowest BCUT2D eigenvalue weighted by atomic mass is 10.0. The van der Waals surface area contributed by atoms with Gasteiger partial charge in [-0.25, -0.2) is 0 Å². The van der Waals surface area contributed by atoms with Gasteiger partial charge in [-0.1, -0.05) is 6.92 Å². The Labute approximate surface area is 132 Å². The predicted molar refractivity (Wildman–Crippen MR) is 86.2 cm³/mol. The first kappa shape index (κ1) is 17.6. The fraction of sp³-hybridized carbons (Fsp3) is 0.500. The summed E-state index contributed by atoms with van der Waals surface area (Å²) in [5.74, 6) is 0.231. The van der Waals surface area contributed by atoms with Crippen molar-refractivity contribution >= 4 is 33.2 Å². The number of aryl methyl sites for hydroxylation is 1. The number of hydrogen-bond acceptors (Lipinski definition) is 4. The fourth-order valence-corrected chi connectivity index (χ4v) is 2.53. The molecular weight excluding hydrogens is 338 g/mol. The van der Waals surface area contributed by atoms with Crippen molar-refractivity contribution in [3.05, 3.63) is 32.3 Å². The number of benzene rings is 1. The maximum Gasteiger partial charge on any atom is 0.274 e. The minimum atomic E-state index is -0.458. The van der Waals surface area contributed by atoms with E-state index in [1.54, 1.807) is 13.0 Å². The molecule has 0 aliphatic heterocycles. The molecule has 1 rings (SSSR count). The molecule has 0 heterocycles. The van der Waals surface area contributed by atoms with Gasteiger partial charge < -0.3 is 11.1 Å². The van der Waals surface area contributed by atoms with Gasteiger partial charge in [0.2, 0.25) is 5.91 Å². The molecule has 116 valence electrons. The largest absolute Gasteiger partial charge is 0.330 e. The first-order chi connectivity index (χ1) is 9.85. The molecule has 0 bridgehead atoms. The van der Waals surface area contributed by atoms with Gasteiger partial charge in [-0.2, -0.15) is 0 Å². The quantitative estimate of drug-likeness (QED) is 0.577. The van der Waals surface area contributed by atoms with Crippen LogP contribution in [-0.4, -0.2) is 17.4 Å². The molecule has 1 unspecified atom stereocenters. The Balaban J connectivity index is 2.72. The Kier molecular flexibility index (Phi) is 6.77. The molecule has 7 heteroatoms. The predicted octanol–water partition coefficient (Wildman–Crippen LogP) is 3.37. The number of nitro benzene ring substituents is 1. The summed E-state index contributed by atoms with van der Waals surface area (Å²) in [6.07, 6.45) is 2.00. The van der Waals surface area contributed by atoms with E-state index in [1.807, 2.05) is 6.92 Å². The standard InChI is InChI=1S/C14H20BrN3O3/c1-9(5-6-16)3-4-14(19)17-12-8-13(18(20)21)10(2)7-11(12)15/h7-9H,3-6,16H2,1-2H3,(H,17,19). The number of hydrogen-bond donors (Lipinski definition) is 2. The van der Waals surface area contributed by atoms with E-state index in [2.05, 4.69) is 21.2 Å². The number of rotatable bonds is 7. The van der Waals surface area contributed by atoms with Gasteiger partial charge >= 0.3 is 0 Å². The second-order valence-corrected chi connectivity index (χ2v) is 6.00. The number of nitro groups is 1. The average molecular weight is 358 g/mol. The van der Waals surface area contributed by atoms with E-state index in [0.29, 0.717) is 34.6 Å². The van der Waals surface area contributed by atoms with Crippen LogP contribution in [0.3, 0.4) is 0 Å². The number of carbonyl (C=O) groups excluding carboxylic acids is 1. The van der Waals surface area contributed by atoms with Crippen LogP contribution in [0.25, 0.3) is 0 Å². The molecule has 1 amide bonds. The van der Waals surface area contributed by atoms with Gasteiger partial charge in [0.05, 0.1) is 10.6 Å². The zero-order chi connectivity index (χ0) is 16.0. The maximum absolute atomic E-state index is 11.9. The van der Waals surface area contributed by atoms with Crippen LogP contribution in [0.2, 0.25) is 0 Å². The van der Waals surface area contributed by atoms with Crippen molar-refractivity contribution in [2.45, 2.75) is 33.1 Å². The third-order valence-electron chi connectivity index (χ3n) is 3.28. The minimum Gasteiger partial charge on any atom is -0.330 e. The van der Waals surface area contributed by atoms with Crippen LogP contribution in [0.1, 0.15) is 31.7 Å². The van der Waals surface area contributed by atoms with Gasteiger partial charge in [0.1, 0.15) is 0 Å². The summed E-state index contributed by atoms with van der Waals surface area (Å²) < 4.78 is 0.633. The van der Waals surface area contributed by atoms with Crippen molar-refractivity contribution in [1.82, 2.24) is 0 Å². The summed E-state index contributed by atoms with van der Waals surface area (Å²) >= 11 is 3.31. The summed E-state index contributed by atoms with van der Waals surface area (Å²) in [6.45, 7) is 4.31. The summed E-state index contributed by atoms with van der Waals surface area (Å²) in [4.78, 5) is 22.4. The van der Waals surface area contributed by atoms with Crippen LogP contribution in [0.5, 0.6) is 0 Å². The highest BCUT2D eigenvalue weighted by molar-refractivity contribution is 9.10. The highest BCUT2D eigenvalue weighted by Gasteiger charge is 2.16. The van der Waals surface area contributed by atoms with Crippen LogP contribution >= 0.6 is 15.9 Å². The van der Waals surface area contributed by atoms with Crippen molar-refractivity contribution < 1.29 is 9.72 Å². The van der Waals surface area contributed by atoms with E-state index in [4.69, 9.17) is 5.73 Å². The molecule has 0 saturated heterocycles. The number of halogens is 1. The zero-order valence-corrected chi connectivity index (χ0v) is 13.8. The minimum absolute atomic E-state index is 0.00926. The molecule has 0 aliphatic rings. The number of amides is 1. The summed E-state index contributed by atoms with van der Waals surface area (Å²) in [5, 5.41) is 13.6. The Morgan fingerprint density at radius 2 is 2.14 bits per heavy atom. The van der Waals surface area contributed by atoms with Gasteiger partial charge in [-0.05, 0) is 54.2 Å². The Morgan fingerprint density at radius 3 is 2.71 bits per heavy atom. The van der Waals surface area contributed by atoms with E-state index in [0.717, 1.165) is 12.8 Å². The smallest absolute Gasteiger partial charge is 0.274 e. The Hall–Kier alpha value is -1.47. The number of carbonyl (C=O) groups is 1. The molecule has 1 aromatic rings. The van der Waals surface area contributed by atoms with Crippen molar-refractivity contribution in [2.24, 2.45) is 11.7 Å². The lowest BCUT2D eigenvalue weighted by Gasteiger charge is -2.11. The summed E-state index contributed by atoms with van der Waals surface area (Å²) in [7, 11) is 0. The van der Waals surface area contributed by atoms with E-state index in [-0.39, 0.29) is 11.6 Å². The summed E-state index contributed by atoms with van der Waals surface area (Å²) in [5.41, 5.74) is 6.42. The molecule has 0 radical (unpaired) electrons. The summed E-state index contributed by atoms with van der Waals surface area (Å²) in [6, 6.07) is 3.01. The lowest BCUT2D eigenvalue weighted by Crippen LogP contribution is -2.14. The molecule has 21 heavy (non-hydrogen) atoms. The van der Waals surface area contributed by atoms with E-state index >= 15 is 0 Å². The maximum atomic E-state index is 11.9. The zero-order valence-electron chi connectivity index (χ0n) is 12.2. The van der Waals surface area contributed by atoms with Gasteiger partial charge in [0.15, 0.2) is 0 Å². The first-order valence-corrected chi connectivity index (χ1v) is 7.59. The topological polar surface area (TPSA) is 98.3 Å². The van der Waals surface area contributed by atoms with Crippen LogP contribution in [-0.2, 0) is 4.79 Å². The second-order valence-electron chi connectivity index (χ2n) is 5.15. The second kappa shape index (κ2) is 8.09. The van der Waals surface area contributed by atoms with Gasteiger partial charge in [-0.15, -0.1) is 0 Å². The number of anilines is 1. The van der Waals surface area contributed by atoms with Crippen molar-refractivity contribution in [2.75, 3.05) is 11.9 Å². The number of nitrogens with zero attached hydrogens (tertiary/aromatic N) is 1. The van der Waals surface area contributed by atoms with Gasteiger partial charge in [-0.3, -0.25) is 14.9 Å². The molecular formula is C14H20BrN3O3. The third-order valence-corrected chi connectivity index (χ3v) is 3.94. The van der Waals surface area contributed by atoms with Crippen LogP contribution in [0.4, 0.5) is 11.4 Å². The SMILES string of the molecule is Cc1cc(Br)c(NC(=O)CCC(C)CCN)cc1[N+](=O)[O-]. The Bertz CT molecular complexity index is 534. The first-order valence-electron chi connectivity index (χ1n) is 6.79. The molecule has 0 aliphatic carbocycles. The van der Waals surface area contributed by atoms with E-state index in [9.17, 15) is 14.9 Å². The van der Waals surface area contributed by atoms with E-state index < -0.39 is 4.92 Å². The number of nitrogens with one attached hydrogen (secondary N) is 1. The van der Waals surface area contributed by atoms with Gasteiger partial charge in [0.25, 0.3) is 5.69 Å². The fourth-order valence-electron chi connectivity index (χ4n) is 1.97. The average Bonchev–Trinajstić information content (AvgIpc) is 2.39. The molecule has 3 N–H and O–H groups in total.